The number of carbonyl (C=O) groups excluding carboxylic acids is 2. The van der Waals surface area contributed by atoms with Gasteiger partial charge in [-0.05, 0) is 57.0 Å². The van der Waals surface area contributed by atoms with Gasteiger partial charge in [-0.15, -0.1) is 0 Å². The Kier molecular flexibility index (Phi) is 6.18. The van der Waals surface area contributed by atoms with Crippen molar-refractivity contribution in [3.8, 4) is 0 Å². The van der Waals surface area contributed by atoms with E-state index in [1.807, 2.05) is 0 Å². The summed E-state index contributed by atoms with van der Waals surface area (Å²) in [7, 11) is 0. The van der Waals surface area contributed by atoms with Gasteiger partial charge in [0, 0.05) is 0 Å². The molecule has 2 heterocycles. The minimum absolute atomic E-state index is 0.0297. The molecular weight excluding hydrogens is 437 g/mol. The molecule has 0 saturated carbocycles. The van der Waals surface area contributed by atoms with E-state index in [4.69, 9.17) is 21.1 Å². The minimum atomic E-state index is -4.47. The maximum absolute atomic E-state index is 12.9. The highest BCUT2D eigenvalue weighted by Gasteiger charge is 2.48. The predicted octanol–water partition coefficient (Wildman–Crippen LogP) is 5.79. The molecule has 0 aliphatic carbocycles. The molecule has 31 heavy (non-hydrogen) atoms. The number of nitrogens with zero attached hydrogens (tertiary/aromatic N) is 2. The second-order valence-corrected chi connectivity index (χ2v) is 8.39. The molecule has 0 bridgehead atoms. The highest BCUT2D eigenvalue weighted by atomic mass is 35.5. The summed E-state index contributed by atoms with van der Waals surface area (Å²) >= 11 is 5.95. The van der Waals surface area contributed by atoms with Crippen molar-refractivity contribution in [2.75, 3.05) is 0 Å². The normalized spacial score (nSPS) is 19.3. The fourth-order valence-electron chi connectivity index (χ4n) is 3.15. The number of pyridine rings is 1. The van der Waals surface area contributed by atoms with Gasteiger partial charge in [-0.3, -0.25) is 0 Å². The molecule has 0 radical (unpaired) electrons. The summed E-state index contributed by atoms with van der Waals surface area (Å²) in [5, 5.41) is 0.164. The molecule has 1 aliphatic heterocycles. The van der Waals surface area contributed by atoms with E-state index in [1.165, 1.54) is 12.1 Å². The zero-order chi connectivity index (χ0) is 23.0. The third kappa shape index (κ3) is 5.46. The first kappa shape index (κ1) is 22.9. The van der Waals surface area contributed by atoms with Crippen molar-refractivity contribution in [2.24, 2.45) is 0 Å². The van der Waals surface area contributed by atoms with Gasteiger partial charge in [0.05, 0.1) is 17.3 Å². The summed E-state index contributed by atoms with van der Waals surface area (Å²) in [5.74, 6) is 0. The molecule has 1 aromatic carbocycles. The van der Waals surface area contributed by atoms with Crippen LogP contribution in [-0.2, 0) is 22.1 Å². The largest absolute Gasteiger partial charge is 0.443 e. The fraction of sp³-hybridized carbons (Fsp3) is 0.381. The first-order valence-electron chi connectivity index (χ1n) is 9.36. The summed E-state index contributed by atoms with van der Waals surface area (Å²) in [6.07, 6.45) is -7.26. The molecule has 3 rings (SSSR count). The van der Waals surface area contributed by atoms with Gasteiger partial charge >= 0.3 is 18.4 Å². The van der Waals surface area contributed by atoms with Gasteiger partial charge in [0.25, 0.3) is 0 Å². The maximum Gasteiger partial charge on any atom is 0.420 e. The Labute approximate surface area is 181 Å². The monoisotopic (exact) mass is 456 g/mol. The number of alkyl halides is 3. The summed E-state index contributed by atoms with van der Waals surface area (Å²) in [6.45, 7) is 4.94. The molecule has 1 saturated heterocycles. The van der Waals surface area contributed by atoms with Crippen LogP contribution in [0.1, 0.15) is 43.7 Å². The molecule has 2 amide bonds. The number of rotatable bonds is 3. The highest BCUT2D eigenvalue weighted by Crippen LogP contribution is 2.36. The van der Waals surface area contributed by atoms with Crippen LogP contribution in [0, 0.1) is 0 Å². The maximum atomic E-state index is 12.9. The second-order valence-electron chi connectivity index (χ2n) is 8.01. The van der Waals surface area contributed by atoms with E-state index in [1.54, 1.807) is 39.0 Å². The van der Waals surface area contributed by atoms with E-state index in [2.05, 4.69) is 4.98 Å². The molecule has 2 unspecified atom stereocenters. The SMILES string of the molecule is CC(C)(C)OC(=O)N1C(=O)OC(c2cccc(Cl)n2)C1Cc1ccc(C(F)(F)F)cc1. The smallest absolute Gasteiger partial charge is 0.420 e. The number of cyclic esters (lactones) is 1. The molecule has 10 heteroatoms. The van der Waals surface area contributed by atoms with Gasteiger partial charge in [-0.1, -0.05) is 29.8 Å². The van der Waals surface area contributed by atoms with Gasteiger partial charge in [-0.25, -0.2) is 19.5 Å². The van der Waals surface area contributed by atoms with Gasteiger partial charge in [0.1, 0.15) is 10.8 Å². The van der Waals surface area contributed by atoms with Gasteiger partial charge in [0.15, 0.2) is 6.10 Å². The van der Waals surface area contributed by atoms with Crippen molar-refractivity contribution in [2.45, 2.75) is 51.1 Å². The number of amides is 2. The zero-order valence-corrected chi connectivity index (χ0v) is 17.7. The Bertz CT molecular complexity index is 974. The number of hydrogen-bond donors (Lipinski definition) is 0. The number of ether oxygens (including phenoxy) is 2. The topological polar surface area (TPSA) is 68.7 Å². The van der Waals surface area contributed by atoms with E-state index >= 15 is 0 Å². The van der Waals surface area contributed by atoms with Crippen molar-refractivity contribution in [1.29, 1.82) is 0 Å². The van der Waals surface area contributed by atoms with Crippen molar-refractivity contribution >= 4 is 23.8 Å². The van der Waals surface area contributed by atoms with Crippen LogP contribution in [0.5, 0.6) is 0 Å². The lowest BCUT2D eigenvalue weighted by atomic mass is 9.97. The summed E-state index contributed by atoms with van der Waals surface area (Å²) in [6, 6.07) is 8.31. The first-order chi connectivity index (χ1) is 14.3. The van der Waals surface area contributed by atoms with Gasteiger partial charge in [0.2, 0.25) is 0 Å². The summed E-state index contributed by atoms with van der Waals surface area (Å²) in [5.41, 5.74) is -0.893. The second kappa shape index (κ2) is 8.37. The zero-order valence-electron chi connectivity index (χ0n) is 16.9. The van der Waals surface area contributed by atoms with E-state index in [0.29, 0.717) is 11.3 Å². The number of benzene rings is 1. The molecule has 166 valence electrons. The Hall–Kier alpha value is -2.81. The Morgan fingerprint density at radius 2 is 1.81 bits per heavy atom. The molecule has 1 aromatic heterocycles. The molecule has 0 spiro atoms. The average molecular weight is 457 g/mol. The number of carbonyl (C=O) groups is 2. The van der Waals surface area contributed by atoms with E-state index in [-0.39, 0.29) is 11.6 Å². The van der Waals surface area contributed by atoms with Crippen LogP contribution in [0.15, 0.2) is 42.5 Å². The lowest BCUT2D eigenvalue weighted by Crippen LogP contribution is -2.43. The van der Waals surface area contributed by atoms with Crippen LogP contribution >= 0.6 is 11.6 Å². The Balaban J connectivity index is 1.95. The van der Waals surface area contributed by atoms with Crippen molar-refractivity contribution in [3.63, 3.8) is 0 Å². The van der Waals surface area contributed by atoms with Crippen molar-refractivity contribution < 1.29 is 32.2 Å². The van der Waals surface area contributed by atoms with Crippen LogP contribution in [0.3, 0.4) is 0 Å². The van der Waals surface area contributed by atoms with Crippen LogP contribution in [-0.4, -0.2) is 33.7 Å². The standard InChI is InChI=1S/C21H20ClF3N2O4/c1-20(2,3)31-19(29)27-15(11-12-7-9-13(10-8-12)21(23,24)25)17(30-18(27)28)14-5-4-6-16(22)26-14/h4-10,15,17H,11H2,1-3H3. The third-order valence-corrected chi connectivity index (χ3v) is 4.66. The molecular formula is C21H20ClF3N2O4. The van der Waals surface area contributed by atoms with Crippen LogP contribution in [0.2, 0.25) is 5.15 Å². The number of imide groups is 1. The third-order valence-electron chi connectivity index (χ3n) is 4.45. The fourth-order valence-corrected chi connectivity index (χ4v) is 3.32. The van der Waals surface area contributed by atoms with Gasteiger partial charge in [-0.2, -0.15) is 13.2 Å². The number of hydrogen-bond acceptors (Lipinski definition) is 5. The van der Waals surface area contributed by atoms with E-state index < -0.39 is 41.7 Å². The first-order valence-corrected chi connectivity index (χ1v) is 9.74. The Morgan fingerprint density at radius 3 is 2.35 bits per heavy atom. The quantitative estimate of drug-likeness (QED) is 0.546. The minimum Gasteiger partial charge on any atom is -0.443 e. The van der Waals surface area contributed by atoms with Gasteiger partial charge < -0.3 is 9.47 Å². The van der Waals surface area contributed by atoms with Crippen LogP contribution < -0.4 is 0 Å². The molecule has 2 aromatic rings. The predicted molar refractivity (Wildman–Crippen MR) is 105 cm³/mol. The molecule has 1 aliphatic rings. The number of halogens is 4. The van der Waals surface area contributed by atoms with Crippen LogP contribution in [0.4, 0.5) is 22.8 Å². The molecule has 2 atom stereocenters. The van der Waals surface area contributed by atoms with E-state index in [9.17, 15) is 22.8 Å². The summed E-state index contributed by atoms with van der Waals surface area (Å²) in [4.78, 5) is 30.2. The number of aromatic nitrogens is 1. The lowest BCUT2D eigenvalue weighted by Gasteiger charge is -2.26. The molecule has 1 fully saturated rings. The van der Waals surface area contributed by atoms with E-state index in [0.717, 1.165) is 17.0 Å². The highest BCUT2D eigenvalue weighted by molar-refractivity contribution is 6.29. The molecule has 6 nitrogen and oxygen atoms in total. The summed E-state index contributed by atoms with van der Waals surface area (Å²) < 4.78 is 49.3. The Morgan fingerprint density at radius 1 is 1.16 bits per heavy atom. The van der Waals surface area contributed by atoms with Crippen molar-refractivity contribution in [3.05, 3.63) is 64.4 Å². The van der Waals surface area contributed by atoms with Crippen molar-refractivity contribution in [1.82, 2.24) is 9.88 Å². The lowest BCUT2D eigenvalue weighted by molar-refractivity contribution is -0.137. The average Bonchev–Trinajstić information content (AvgIpc) is 2.96. The molecule has 0 N–H and O–H groups in total. The van der Waals surface area contributed by atoms with Crippen LogP contribution in [0.25, 0.3) is 0 Å².